The number of aliphatic hydroxyl groups is 1. The molecule has 3 aliphatic rings. The number of allylic oxidation sites excluding steroid dienone is 1. The summed E-state index contributed by atoms with van der Waals surface area (Å²) in [4.78, 5) is 11.0. The normalized spacial score (nSPS) is 32.2. The number of rotatable bonds is 11. The summed E-state index contributed by atoms with van der Waals surface area (Å²) in [5.74, 6) is 1.08. The van der Waals surface area contributed by atoms with Gasteiger partial charge in [-0.25, -0.2) is 0 Å². The zero-order valence-electron chi connectivity index (χ0n) is 18.8. The highest BCUT2D eigenvalue weighted by Crippen LogP contribution is 2.49. The van der Waals surface area contributed by atoms with Crippen molar-refractivity contribution in [3.8, 4) is 0 Å². The molecule has 6 atom stereocenters. The van der Waals surface area contributed by atoms with E-state index in [0.29, 0.717) is 24.4 Å². The maximum absolute atomic E-state index is 11.0. The minimum Gasteiger partial charge on any atom is -0.466 e. The molecule has 0 radical (unpaired) electrons. The minimum atomic E-state index is -0.375. The highest BCUT2D eigenvalue weighted by Gasteiger charge is 2.45. The largest absolute Gasteiger partial charge is 0.466 e. The van der Waals surface area contributed by atoms with Crippen LogP contribution in [0.3, 0.4) is 0 Å². The number of carbonyl (C=O) groups is 1. The van der Waals surface area contributed by atoms with E-state index in [1.54, 1.807) is 0 Å². The predicted octanol–water partition coefficient (Wildman–Crippen LogP) is 4.93. The Labute approximate surface area is 181 Å². The molecule has 2 fully saturated rings. The van der Waals surface area contributed by atoms with Crippen molar-refractivity contribution in [1.82, 2.24) is 0 Å². The van der Waals surface area contributed by atoms with Crippen LogP contribution in [0.15, 0.2) is 23.8 Å². The lowest BCUT2D eigenvalue weighted by atomic mass is 9.88. The second-order valence-electron chi connectivity index (χ2n) is 9.18. The number of carbonyl (C=O) groups excluding carboxylic acids is 1. The van der Waals surface area contributed by atoms with Gasteiger partial charge in [-0.3, -0.25) is 4.79 Å². The minimum absolute atomic E-state index is 0.0830. The summed E-state index contributed by atoms with van der Waals surface area (Å²) < 4.78 is 17.4. The Kier molecular flexibility index (Phi) is 9.41. The average Bonchev–Trinajstić information content (AvgIpc) is 3.24. The number of aliphatic hydroxyl groups excluding tert-OH is 1. The predicted molar refractivity (Wildman–Crippen MR) is 117 cm³/mol. The van der Waals surface area contributed by atoms with Crippen molar-refractivity contribution >= 4 is 5.97 Å². The third-order valence-electron chi connectivity index (χ3n) is 6.78. The maximum atomic E-state index is 11.0. The highest BCUT2D eigenvalue weighted by atomic mass is 16.7. The van der Waals surface area contributed by atoms with Gasteiger partial charge in [0.2, 0.25) is 0 Å². The van der Waals surface area contributed by atoms with Crippen LogP contribution in [0.2, 0.25) is 0 Å². The summed E-state index contributed by atoms with van der Waals surface area (Å²) in [7, 11) is 0. The van der Waals surface area contributed by atoms with Crippen molar-refractivity contribution in [2.45, 2.75) is 96.6 Å². The van der Waals surface area contributed by atoms with Crippen LogP contribution in [0.1, 0.15) is 78.1 Å². The lowest BCUT2D eigenvalue weighted by molar-refractivity contribution is -0.192. The van der Waals surface area contributed by atoms with Crippen molar-refractivity contribution in [3.63, 3.8) is 0 Å². The van der Waals surface area contributed by atoms with Crippen LogP contribution in [0.4, 0.5) is 0 Å². The molecule has 5 nitrogen and oxygen atoms in total. The van der Waals surface area contributed by atoms with Gasteiger partial charge < -0.3 is 19.3 Å². The molecule has 1 saturated heterocycles. The molecule has 5 heteroatoms. The van der Waals surface area contributed by atoms with Crippen LogP contribution < -0.4 is 0 Å². The molecule has 1 saturated carbocycles. The van der Waals surface area contributed by atoms with E-state index in [0.717, 1.165) is 51.6 Å². The molecule has 0 spiro atoms. The van der Waals surface area contributed by atoms with Gasteiger partial charge in [-0.05, 0) is 50.4 Å². The Morgan fingerprint density at radius 1 is 1.37 bits per heavy atom. The van der Waals surface area contributed by atoms with Crippen molar-refractivity contribution in [2.24, 2.45) is 17.8 Å². The fraction of sp³-hybridized carbons (Fsp3) is 0.800. The smallest absolute Gasteiger partial charge is 0.302 e. The molecule has 30 heavy (non-hydrogen) atoms. The van der Waals surface area contributed by atoms with E-state index in [1.807, 2.05) is 6.08 Å². The quantitative estimate of drug-likeness (QED) is 0.292. The van der Waals surface area contributed by atoms with E-state index in [9.17, 15) is 9.90 Å². The van der Waals surface area contributed by atoms with Crippen LogP contribution in [0.5, 0.6) is 0 Å². The summed E-state index contributed by atoms with van der Waals surface area (Å²) in [6.45, 7) is 4.90. The fourth-order valence-electron chi connectivity index (χ4n) is 5.21. The second-order valence-corrected chi connectivity index (χ2v) is 9.18. The molecule has 1 heterocycles. The summed E-state index contributed by atoms with van der Waals surface area (Å²) in [6.07, 6.45) is 16.6. The number of unbranched alkanes of at least 4 members (excludes halogenated alkanes) is 2. The average molecular weight is 421 g/mol. The summed E-state index contributed by atoms with van der Waals surface area (Å²) in [6, 6.07) is 0. The number of fused-ring (bicyclic) bond motifs is 1. The summed E-state index contributed by atoms with van der Waals surface area (Å²) in [5, 5.41) is 10.4. The molecule has 2 aliphatic carbocycles. The van der Waals surface area contributed by atoms with Gasteiger partial charge in [-0.1, -0.05) is 50.0 Å². The van der Waals surface area contributed by atoms with Gasteiger partial charge in [0.15, 0.2) is 6.29 Å². The molecular weight excluding hydrogens is 380 g/mol. The molecule has 2 unspecified atom stereocenters. The van der Waals surface area contributed by atoms with Gasteiger partial charge >= 0.3 is 5.97 Å². The first kappa shape index (κ1) is 23.5. The standard InChI is InChI=1S/C25H40O5/c1-3-4-5-8-21(27)10-11-22-23-16-19(12-14-28-18(2)26)15-20(23)17-24(22)30-25-9-6-7-13-29-25/h10-11,15,20-25,27H,3-9,12-14,16-17H2,1-2H3/t20-,21?,22+,23+,24+,25?/m1/s1. The van der Waals surface area contributed by atoms with Crippen LogP contribution in [-0.2, 0) is 19.0 Å². The maximum Gasteiger partial charge on any atom is 0.302 e. The Hall–Kier alpha value is -1.17. The van der Waals surface area contributed by atoms with E-state index in [1.165, 1.54) is 31.8 Å². The second kappa shape index (κ2) is 12.0. The third kappa shape index (κ3) is 6.93. The molecule has 170 valence electrons. The molecule has 3 rings (SSSR count). The van der Waals surface area contributed by atoms with Gasteiger partial charge in [0.05, 0.1) is 18.8 Å². The SMILES string of the molecule is CCCCCC(O)C=C[C@H]1[C@H]2CC(CCOC(C)=O)=C[C@@H]2C[C@@H]1OC1CCCCO1. The van der Waals surface area contributed by atoms with Crippen LogP contribution in [-0.4, -0.2) is 42.8 Å². The monoisotopic (exact) mass is 420 g/mol. The fourth-order valence-corrected chi connectivity index (χ4v) is 5.21. The topological polar surface area (TPSA) is 65.0 Å². The lowest BCUT2D eigenvalue weighted by Gasteiger charge is -2.29. The number of ether oxygens (including phenoxy) is 3. The van der Waals surface area contributed by atoms with Crippen molar-refractivity contribution in [1.29, 1.82) is 0 Å². The van der Waals surface area contributed by atoms with Crippen molar-refractivity contribution < 1.29 is 24.1 Å². The molecule has 0 aromatic heterocycles. The Morgan fingerprint density at radius 3 is 2.97 bits per heavy atom. The number of hydrogen-bond acceptors (Lipinski definition) is 5. The molecular formula is C25H40O5. The van der Waals surface area contributed by atoms with Gasteiger partial charge in [0.25, 0.3) is 0 Å². The molecule has 0 aromatic carbocycles. The Morgan fingerprint density at radius 2 is 2.23 bits per heavy atom. The van der Waals surface area contributed by atoms with Crippen LogP contribution in [0, 0.1) is 17.8 Å². The molecule has 0 bridgehead atoms. The summed E-state index contributed by atoms with van der Waals surface area (Å²) in [5.41, 5.74) is 1.39. The van der Waals surface area contributed by atoms with E-state index < -0.39 is 0 Å². The molecule has 1 N–H and O–H groups in total. The lowest BCUT2D eigenvalue weighted by Crippen LogP contribution is -2.30. The Balaban J connectivity index is 1.60. The zero-order valence-corrected chi connectivity index (χ0v) is 18.8. The van der Waals surface area contributed by atoms with Crippen LogP contribution in [0.25, 0.3) is 0 Å². The third-order valence-corrected chi connectivity index (χ3v) is 6.78. The molecule has 0 amide bonds. The number of hydrogen-bond donors (Lipinski definition) is 1. The van der Waals surface area contributed by atoms with Crippen molar-refractivity contribution in [3.05, 3.63) is 23.8 Å². The van der Waals surface area contributed by atoms with E-state index >= 15 is 0 Å². The van der Waals surface area contributed by atoms with Gasteiger partial charge in [-0.15, -0.1) is 0 Å². The van der Waals surface area contributed by atoms with E-state index in [4.69, 9.17) is 14.2 Å². The first-order valence-corrected chi connectivity index (χ1v) is 12.0. The molecule has 0 aromatic rings. The van der Waals surface area contributed by atoms with E-state index in [-0.39, 0.29) is 24.5 Å². The zero-order chi connectivity index (χ0) is 21.3. The number of esters is 1. The highest BCUT2D eigenvalue weighted by molar-refractivity contribution is 5.65. The van der Waals surface area contributed by atoms with Crippen LogP contribution >= 0.6 is 0 Å². The Bertz CT molecular complexity index is 592. The first-order valence-electron chi connectivity index (χ1n) is 12.0. The van der Waals surface area contributed by atoms with Crippen molar-refractivity contribution in [2.75, 3.05) is 13.2 Å². The van der Waals surface area contributed by atoms with E-state index in [2.05, 4.69) is 19.1 Å². The van der Waals surface area contributed by atoms with Gasteiger partial charge in [0, 0.05) is 25.9 Å². The van der Waals surface area contributed by atoms with Gasteiger partial charge in [0.1, 0.15) is 0 Å². The summed E-state index contributed by atoms with van der Waals surface area (Å²) >= 11 is 0. The molecule has 1 aliphatic heterocycles. The van der Waals surface area contributed by atoms with Gasteiger partial charge in [-0.2, -0.15) is 0 Å². The first-order chi connectivity index (χ1) is 14.6.